The number of fused-ring (bicyclic) bond motifs is 1. The molecule has 31 heavy (non-hydrogen) atoms. The van der Waals surface area contributed by atoms with Crippen molar-refractivity contribution in [2.75, 3.05) is 18.4 Å². The van der Waals surface area contributed by atoms with Crippen molar-refractivity contribution in [3.05, 3.63) is 89.5 Å². The Morgan fingerprint density at radius 3 is 2.58 bits per heavy atom. The molecule has 1 unspecified atom stereocenters. The Kier molecular flexibility index (Phi) is 6.13. The van der Waals surface area contributed by atoms with Gasteiger partial charge in [0.15, 0.2) is 0 Å². The third-order valence-electron chi connectivity index (χ3n) is 5.67. The molecule has 7 heteroatoms. The fourth-order valence-electron chi connectivity index (χ4n) is 4.05. The Morgan fingerprint density at radius 2 is 1.84 bits per heavy atom. The smallest absolute Gasteiger partial charge is 0.313 e. The van der Waals surface area contributed by atoms with E-state index in [0.717, 1.165) is 25.2 Å². The van der Waals surface area contributed by atoms with Crippen molar-refractivity contribution < 1.29 is 14.0 Å². The van der Waals surface area contributed by atoms with Crippen LogP contribution in [0.15, 0.2) is 66.9 Å². The van der Waals surface area contributed by atoms with Crippen molar-refractivity contribution in [1.29, 1.82) is 0 Å². The van der Waals surface area contributed by atoms with Crippen molar-refractivity contribution >= 4 is 17.5 Å². The molecule has 4 rings (SSSR count). The molecule has 2 aromatic carbocycles. The normalized spacial score (nSPS) is 14.5. The molecular weight excluding hydrogens is 395 g/mol. The van der Waals surface area contributed by atoms with Gasteiger partial charge in [-0.2, -0.15) is 0 Å². The van der Waals surface area contributed by atoms with E-state index in [1.54, 1.807) is 0 Å². The number of hydrogen-bond donors (Lipinski definition) is 2. The van der Waals surface area contributed by atoms with Crippen LogP contribution >= 0.6 is 0 Å². The number of carbonyl (C=O) groups excluding carboxylic acids is 2. The fourth-order valence-corrected chi connectivity index (χ4v) is 4.05. The van der Waals surface area contributed by atoms with Gasteiger partial charge in [0.1, 0.15) is 5.82 Å². The van der Waals surface area contributed by atoms with Gasteiger partial charge in [0.25, 0.3) is 0 Å². The molecule has 1 aliphatic rings. The van der Waals surface area contributed by atoms with E-state index in [2.05, 4.69) is 33.7 Å². The van der Waals surface area contributed by atoms with E-state index in [4.69, 9.17) is 0 Å². The van der Waals surface area contributed by atoms with Crippen LogP contribution in [0, 0.1) is 5.82 Å². The average Bonchev–Trinajstić information content (AvgIpc) is 3.19. The maximum Gasteiger partial charge on any atom is 0.313 e. The summed E-state index contributed by atoms with van der Waals surface area (Å²) in [5.41, 5.74) is 3.93. The second-order valence-corrected chi connectivity index (χ2v) is 7.72. The fraction of sp³-hybridized carbons (Fsp3) is 0.250. The number of hydrogen-bond acceptors (Lipinski definition) is 3. The minimum Gasteiger partial charge on any atom is -0.353 e. The van der Waals surface area contributed by atoms with Gasteiger partial charge in [-0.05, 0) is 47.9 Å². The molecule has 160 valence electrons. The molecule has 2 N–H and O–H groups in total. The molecule has 1 atom stereocenters. The Morgan fingerprint density at radius 1 is 1.03 bits per heavy atom. The van der Waals surface area contributed by atoms with E-state index in [1.165, 1.54) is 35.4 Å². The highest BCUT2D eigenvalue weighted by Crippen LogP contribution is 2.27. The van der Waals surface area contributed by atoms with Gasteiger partial charge in [0.05, 0.1) is 6.04 Å². The van der Waals surface area contributed by atoms with Gasteiger partial charge in [-0.15, -0.1) is 0 Å². The van der Waals surface area contributed by atoms with E-state index in [9.17, 15) is 14.0 Å². The Hall–Kier alpha value is -3.45. The average molecular weight is 420 g/mol. The van der Waals surface area contributed by atoms with Crippen LogP contribution < -0.4 is 10.6 Å². The molecule has 0 fully saturated rings. The van der Waals surface area contributed by atoms with E-state index in [0.29, 0.717) is 0 Å². The lowest BCUT2D eigenvalue weighted by Gasteiger charge is -2.36. The highest BCUT2D eigenvalue weighted by molar-refractivity contribution is 6.39. The third kappa shape index (κ3) is 4.83. The summed E-state index contributed by atoms with van der Waals surface area (Å²) in [5.74, 6) is -2.05. The third-order valence-corrected chi connectivity index (χ3v) is 5.67. The summed E-state index contributed by atoms with van der Waals surface area (Å²) in [6.45, 7) is 1.92. The van der Waals surface area contributed by atoms with Gasteiger partial charge in [-0.3, -0.25) is 14.5 Å². The zero-order valence-electron chi connectivity index (χ0n) is 17.3. The van der Waals surface area contributed by atoms with Gasteiger partial charge < -0.3 is 15.2 Å². The van der Waals surface area contributed by atoms with Crippen molar-refractivity contribution in [2.24, 2.45) is 7.05 Å². The molecule has 6 nitrogen and oxygen atoms in total. The molecule has 0 radical (unpaired) electrons. The lowest BCUT2D eigenvalue weighted by Crippen LogP contribution is -2.44. The second-order valence-electron chi connectivity index (χ2n) is 7.72. The number of carbonyl (C=O) groups is 2. The molecule has 2 heterocycles. The van der Waals surface area contributed by atoms with Crippen LogP contribution in [0.5, 0.6) is 0 Å². The standard InChI is InChI=1S/C24H25FN4O2/c1-28-12-5-10-21(28)22(29-13-11-17-6-2-3-7-18(17)16-29)15-26-23(30)24(31)27-20-9-4-8-19(25)14-20/h2-10,12,14,22H,11,13,15-16H2,1H3,(H,26,30)(H,27,31). The first-order chi connectivity index (χ1) is 15.0. The van der Waals surface area contributed by atoms with Crippen molar-refractivity contribution in [2.45, 2.75) is 19.0 Å². The van der Waals surface area contributed by atoms with Crippen molar-refractivity contribution in [3.8, 4) is 0 Å². The SMILES string of the molecule is Cn1cccc1C(CNC(=O)C(=O)Nc1cccc(F)c1)N1CCc2ccccc2C1. The number of aryl methyl sites for hydroxylation is 1. The summed E-state index contributed by atoms with van der Waals surface area (Å²) in [7, 11) is 1.97. The first kappa shape index (κ1) is 20.8. The van der Waals surface area contributed by atoms with Crippen LogP contribution in [-0.2, 0) is 29.6 Å². The van der Waals surface area contributed by atoms with Crippen LogP contribution in [0.3, 0.4) is 0 Å². The van der Waals surface area contributed by atoms with Crippen LogP contribution in [0.2, 0.25) is 0 Å². The number of nitrogens with zero attached hydrogens (tertiary/aromatic N) is 2. The molecule has 0 saturated carbocycles. The van der Waals surface area contributed by atoms with Crippen molar-refractivity contribution in [1.82, 2.24) is 14.8 Å². The Balaban J connectivity index is 1.45. The molecule has 1 aromatic heterocycles. The van der Waals surface area contributed by atoms with E-state index in [-0.39, 0.29) is 18.3 Å². The molecule has 0 spiro atoms. The minimum atomic E-state index is -0.819. The van der Waals surface area contributed by atoms with Gasteiger partial charge in [0.2, 0.25) is 0 Å². The lowest BCUT2D eigenvalue weighted by atomic mass is 9.98. The van der Waals surface area contributed by atoms with E-state index >= 15 is 0 Å². The molecule has 1 aliphatic heterocycles. The molecule has 3 aromatic rings. The van der Waals surface area contributed by atoms with Crippen LogP contribution in [0.25, 0.3) is 0 Å². The lowest BCUT2D eigenvalue weighted by molar-refractivity contribution is -0.136. The number of rotatable bonds is 5. The topological polar surface area (TPSA) is 66.4 Å². The quantitative estimate of drug-likeness (QED) is 0.624. The van der Waals surface area contributed by atoms with Crippen LogP contribution in [-0.4, -0.2) is 34.4 Å². The second kappa shape index (κ2) is 9.14. The number of halogens is 1. The molecular formula is C24H25FN4O2. The number of aromatic nitrogens is 1. The van der Waals surface area contributed by atoms with Gasteiger partial charge in [-0.25, -0.2) is 4.39 Å². The number of benzene rings is 2. The van der Waals surface area contributed by atoms with Gasteiger partial charge in [-0.1, -0.05) is 30.3 Å². The monoisotopic (exact) mass is 420 g/mol. The largest absolute Gasteiger partial charge is 0.353 e. The Bertz CT molecular complexity index is 1090. The summed E-state index contributed by atoms with van der Waals surface area (Å²) in [6.07, 6.45) is 2.91. The number of nitrogens with one attached hydrogen (secondary N) is 2. The van der Waals surface area contributed by atoms with Crippen molar-refractivity contribution in [3.63, 3.8) is 0 Å². The molecule has 0 saturated heterocycles. The first-order valence-electron chi connectivity index (χ1n) is 10.3. The highest BCUT2D eigenvalue weighted by Gasteiger charge is 2.27. The number of amides is 2. The minimum absolute atomic E-state index is 0.0840. The molecule has 0 bridgehead atoms. The van der Waals surface area contributed by atoms with E-state index < -0.39 is 17.6 Å². The summed E-state index contributed by atoms with van der Waals surface area (Å²) < 4.78 is 15.4. The van der Waals surface area contributed by atoms with Gasteiger partial charge in [0, 0.05) is 44.3 Å². The van der Waals surface area contributed by atoms with Crippen LogP contribution in [0.4, 0.5) is 10.1 Å². The summed E-state index contributed by atoms with van der Waals surface area (Å²) in [4.78, 5) is 27.0. The number of anilines is 1. The molecule has 0 aliphatic carbocycles. The van der Waals surface area contributed by atoms with Gasteiger partial charge >= 0.3 is 11.8 Å². The maximum atomic E-state index is 13.3. The predicted molar refractivity (Wildman–Crippen MR) is 117 cm³/mol. The maximum absolute atomic E-state index is 13.3. The zero-order chi connectivity index (χ0) is 21.8. The first-order valence-corrected chi connectivity index (χ1v) is 10.3. The molecule has 2 amide bonds. The summed E-state index contributed by atoms with van der Waals surface area (Å²) >= 11 is 0. The summed E-state index contributed by atoms with van der Waals surface area (Å²) in [6, 6.07) is 17.8. The van der Waals surface area contributed by atoms with E-state index in [1.807, 2.05) is 36.0 Å². The Labute approximate surface area is 180 Å². The highest BCUT2D eigenvalue weighted by atomic mass is 19.1. The predicted octanol–water partition coefficient (Wildman–Crippen LogP) is 3.02. The summed E-state index contributed by atoms with van der Waals surface area (Å²) in [5, 5.41) is 5.19. The van der Waals surface area contributed by atoms with Crippen LogP contribution in [0.1, 0.15) is 22.9 Å². The zero-order valence-corrected chi connectivity index (χ0v) is 17.3.